The molecule has 0 aromatic heterocycles. The first-order chi connectivity index (χ1) is 10.5. The second kappa shape index (κ2) is 4.66. The Labute approximate surface area is 137 Å². The van der Waals surface area contributed by atoms with E-state index in [9.17, 15) is 9.59 Å². The fourth-order valence-electron chi connectivity index (χ4n) is 4.27. The molecular weight excluding hydrogens is 342 g/mol. The lowest BCUT2D eigenvalue weighted by atomic mass is 9.85. The number of anilines is 1. The van der Waals surface area contributed by atoms with Gasteiger partial charge in [0.15, 0.2) is 0 Å². The van der Waals surface area contributed by atoms with Crippen LogP contribution < -0.4 is 4.90 Å². The Balaban J connectivity index is 1.76. The van der Waals surface area contributed by atoms with Crippen molar-refractivity contribution in [2.24, 2.45) is 23.7 Å². The fourth-order valence-corrected chi connectivity index (χ4v) is 4.54. The maximum Gasteiger partial charge on any atom is 0.238 e. The van der Waals surface area contributed by atoms with E-state index in [0.29, 0.717) is 5.69 Å². The van der Waals surface area contributed by atoms with Crippen LogP contribution in [0.2, 0.25) is 0 Å². The first-order valence-electron chi connectivity index (χ1n) is 7.49. The lowest BCUT2D eigenvalue weighted by Gasteiger charge is -2.19. The van der Waals surface area contributed by atoms with Gasteiger partial charge in [0.2, 0.25) is 11.8 Å². The van der Waals surface area contributed by atoms with Crippen molar-refractivity contribution in [3.05, 3.63) is 52.0 Å². The van der Waals surface area contributed by atoms with E-state index in [1.165, 1.54) is 16.0 Å². The molecular formula is C18H16BrNO2. The summed E-state index contributed by atoms with van der Waals surface area (Å²) < 4.78 is 0.934. The van der Waals surface area contributed by atoms with Gasteiger partial charge in [0.25, 0.3) is 0 Å². The molecule has 1 aromatic carbocycles. The topological polar surface area (TPSA) is 37.4 Å². The van der Waals surface area contributed by atoms with Crippen molar-refractivity contribution < 1.29 is 9.59 Å². The lowest BCUT2D eigenvalue weighted by molar-refractivity contribution is -0.122. The summed E-state index contributed by atoms with van der Waals surface area (Å²) in [7, 11) is 0. The molecule has 1 saturated heterocycles. The quantitative estimate of drug-likeness (QED) is 0.567. The zero-order chi connectivity index (χ0) is 15.6. The van der Waals surface area contributed by atoms with Crippen LogP contribution >= 0.6 is 15.9 Å². The molecule has 1 aliphatic heterocycles. The van der Waals surface area contributed by atoms with E-state index < -0.39 is 0 Å². The number of amides is 2. The zero-order valence-electron chi connectivity index (χ0n) is 12.4. The van der Waals surface area contributed by atoms with Gasteiger partial charge in [-0.15, -0.1) is 0 Å². The molecule has 112 valence electrons. The summed E-state index contributed by atoms with van der Waals surface area (Å²) in [5.41, 5.74) is 3.20. The number of imide groups is 1. The number of halogens is 1. The van der Waals surface area contributed by atoms with Crippen LogP contribution in [0.25, 0.3) is 0 Å². The third kappa shape index (κ3) is 1.67. The smallest absolute Gasteiger partial charge is 0.238 e. The van der Waals surface area contributed by atoms with Crippen molar-refractivity contribution in [1.29, 1.82) is 0 Å². The van der Waals surface area contributed by atoms with Crippen LogP contribution in [-0.4, -0.2) is 11.8 Å². The Morgan fingerprint density at radius 1 is 0.955 bits per heavy atom. The van der Waals surface area contributed by atoms with Gasteiger partial charge >= 0.3 is 0 Å². The Morgan fingerprint density at radius 2 is 1.45 bits per heavy atom. The minimum atomic E-state index is -0.212. The number of benzene rings is 1. The molecule has 1 aromatic rings. The Hall–Kier alpha value is -1.68. The minimum absolute atomic E-state index is 0.0482. The van der Waals surface area contributed by atoms with Crippen molar-refractivity contribution in [2.45, 2.75) is 13.8 Å². The van der Waals surface area contributed by atoms with Crippen LogP contribution in [0.1, 0.15) is 13.8 Å². The monoisotopic (exact) mass is 357 g/mol. The standard InChI is InChI=1S/C18H16BrNO2/c1-9(2)14-12-7-8-13(14)16-15(12)17(21)20(18(16)22)11-5-3-10(19)4-6-11/h3-8,12-13,15-16H,1-2H3/t12-,13-,15-,16+/m1/s1. The molecule has 1 heterocycles. The van der Waals surface area contributed by atoms with Crippen molar-refractivity contribution >= 4 is 33.4 Å². The van der Waals surface area contributed by atoms with Gasteiger partial charge < -0.3 is 0 Å². The average Bonchev–Trinajstić information content (AvgIpc) is 3.11. The second-order valence-corrected chi connectivity index (χ2v) is 7.35. The van der Waals surface area contributed by atoms with Crippen LogP contribution in [-0.2, 0) is 9.59 Å². The number of carbonyl (C=O) groups excluding carboxylic acids is 2. The molecule has 4 rings (SSSR count). The summed E-state index contributed by atoms with van der Waals surface area (Å²) in [4.78, 5) is 27.1. The van der Waals surface area contributed by atoms with E-state index >= 15 is 0 Å². The number of hydrogen-bond donors (Lipinski definition) is 0. The minimum Gasteiger partial charge on any atom is -0.274 e. The number of allylic oxidation sites excluding steroid dienone is 4. The van der Waals surface area contributed by atoms with Crippen molar-refractivity contribution in [1.82, 2.24) is 0 Å². The highest BCUT2D eigenvalue weighted by Gasteiger charge is 2.61. The van der Waals surface area contributed by atoms with Gasteiger partial charge in [0.05, 0.1) is 17.5 Å². The molecule has 3 nitrogen and oxygen atoms in total. The molecule has 2 bridgehead atoms. The average molecular weight is 358 g/mol. The highest BCUT2D eigenvalue weighted by Crippen LogP contribution is 2.57. The predicted octanol–water partition coefficient (Wildman–Crippen LogP) is 3.71. The number of fused-ring (bicyclic) bond motifs is 5. The predicted molar refractivity (Wildman–Crippen MR) is 88.1 cm³/mol. The Bertz CT molecular complexity index is 709. The van der Waals surface area contributed by atoms with Crippen LogP contribution in [0.15, 0.2) is 52.0 Å². The van der Waals surface area contributed by atoms with Crippen LogP contribution in [0.3, 0.4) is 0 Å². The van der Waals surface area contributed by atoms with Gasteiger partial charge in [-0.05, 0) is 38.1 Å². The molecule has 3 aliphatic rings. The third-order valence-electron chi connectivity index (χ3n) is 5.08. The molecule has 0 N–H and O–H groups in total. The van der Waals surface area contributed by atoms with Gasteiger partial charge in [-0.2, -0.15) is 0 Å². The fraction of sp³-hybridized carbons (Fsp3) is 0.333. The maximum atomic E-state index is 12.9. The normalized spacial score (nSPS) is 32.1. The number of hydrogen-bond acceptors (Lipinski definition) is 2. The first-order valence-corrected chi connectivity index (χ1v) is 8.29. The van der Waals surface area contributed by atoms with E-state index in [4.69, 9.17) is 0 Å². The zero-order valence-corrected chi connectivity index (χ0v) is 14.0. The van der Waals surface area contributed by atoms with Crippen molar-refractivity contribution in [3.63, 3.8) is 0 Å². The van der Waals surface area contributed by atoms with Crippen LogP contribution in [0, 0.1) is 23.7 Å². The summed E-state index contributed by atoms with van der Waals surface area (Å²) in [6.07, 6.45) is 4.23. The van der Waals surface area contributed by atoms with Gasteiger partial charge in [0.1, 0.15) is 0 Å². The molecule has 0 radical (unpaired) electrons. The molecule has 0 spiro atoms. The summed E-state index contributed by atoms with van der Waals surface area (Å²) in [6.45, 7) is 4.15. The molecule has 2 fully saturated rings. The largest absolute Gasteiger partial charge is 0.274 e. The van der Waals surface area contributed by atoms with E-state index in [-0.39, 0.29) is 35.5 Å². The maximum absolute atomic E-state index is 12.9. The molecule has 4 atom stereocenters. The molecule has 2 aliphatic carbocycles. The molecule has 1 saturated carbocycles. The highest BCUT2D eigenvalue weighted by molar-refractivity contribution is 9.10. The third-order valence-corrected chi connectivity index (χ3v) is 5.61. The molecule has 22 heavy (non-hydrogen) atoms. The summed E-state index contributed by atoms with van der Waals surface area (Å²) in [6, 6.07) is 7.35. The Morgan fingerprint density at radius 3 is 1.91 bits per heavy atom. The second-order valence-electron chi connectivity index (χ2n) is 6.43. The first kappa shape index (κ1) is 13.9. The molecule has 0 unspecified atom stereocenters. The summed E-state index contributed by atoms with van der Waals surface area (Å²) in [5, 5.41) is 0. The lowest BCUT2D eigenvalue weighted by Crippen LogP contribution is -2.33. The summed E-state index contributed by atoms with van der Waals surface area (Å²) in [5.74, 6) is -0.304. The van der Waals surface area contributed by atoms with E-state index in [1.807, 2.05) is 24.3 Å². The van der Waals surface area contributed by atoms with Crippen LogP contribution in [0.5, 0.6) is 0 Å². The van der Waals surface area contributed by atoms with Crippen LogP contribution in [0.4, 0.5) is 5.69 Å². The van der Waals surface area contributed by atoms with Gasteiger partial charge in [-0.25, -0.2) is 4.90 Å². The Kier molecular flexibility index (Phi) is 2.95. The van der Waals surface area contributed by atoms with E-state index in [1.54, 1.807) is 0 Å². The van der Waals surface area contributed by atoms with Gasteiger partial charge in [-0.1, -0.05) is 39.2 Å². The number of rotatable bonds is 1. The SMILES string of the molecule is CC(C)=C1[C@H]2C=C[C@H]1[C@H]1C(=O)N(c3ccc(Br)cc3)C(=O)[C@H]12. The van der Waals surface area contributed by atoms with Crippen molar-refractivity contribution in [3.8, 4) is 0 Å². The van der Waals surface area contributed by atoms with E-state index in [0.717, 1.165) is 4.47 Å². The van der Waals surface area contributed by atoms with Crippen molar-refractivity contribution in [2.75, 3.05) is 4.90 Å². The summed E-state index contributed by atoms with van der Waals surface area (Å²) >= 11 is 3.38. The van der Waals surface area contributed by atoms with E-state index in [2.05, 4.69) is 41.9 Å². The van der Waals surface area contributed by atoms with Gasteiger partial charge in [-0.3, -0.25) is 9.59 Å². The number of nitrogens with zero attached hydrogens (tertiary/aromatic N) is 1. The highest BCUT2D eigenvalue weighted by atomic mass is 79.9. The molecule has 4 heteroatoms. The number of carbonyl (C=O) groups is 2. The molecule has 2 amide bonds. The van der Waals surface area contributed by atoms with Gasteiger partial charge in [0, 0.05) is 16.3 Å².